The summed E-state index contributed by atoms with van der Waals surface area (Å²) in [4.78, 5) is 2.10. The zero-order valence-corrected chi connectivity index (χ0v) is 15.4. The van der Waals surface area contributed by atoms with E-state index in [4.69, 9.17) is 0 Å². The third-order valence-corrected chi connectivity index (χ3v) is 4.86. The molecular weight excluding hydrogens is 348 g/mol. The average Bonchev–Trinajstić information content (AvgIpc) is 2.62. The van der Waals surface area contributed by atoms with E-state index in [0.29, 0.717) is 11.7 Å². The van der Waals surface area contributed by atoms with Crippen molar-refractivity contribution >= 4 is 5.69 Å². The lowest BCUT2D eigenvalue weighted by molar-refractivity contribution is -0.275. The van der Waals surface area contributed by atoms with Gasteiger partial charge in [-0.05, 0) is 25.0 Å². The van der Waals surface area contributed by atoms with Crippen molar-refractivity contribution in [3.8, 4) is 5.75 Å². The van der Waals surface area contributed by atoms with Crippen molar-refractivity contribution in [2.45, 2.75) is 70.8 Å². The van der Waals surface area contributed by atoms with Gasteiger partial charge in [-0.25, -0.2) is 4.39 Å². The predicted molar refractivity (Wildman–Crippen MR) is 97.2 cm³/mol. The van der Waals surface area contributed by atoms with Gasteiger partial charge >= 0.3 is 6.36 Å². The molecule has 0 spiro atoms. The maximum Gasteiger partial charge on any atom is 0.573 e. The summed E-state index contributed by atoms with van der Waals surface area (Å²) in [5.74, 6) is -1.77. The van der Waals surface area contributed by atoms with Gasteiger partial charge in [-0.15, -0.1) is 13.2 Å². The van der Waals surface area contributed by atoms with Crippen LogP contribution in [0.3, 0.4) is 0 Å². The number of piperazine rings is 1. The summed E-state index contributed by atoms with van der Waals surface area (Å²) in [6.07, 6.45) is 2.15. The quantitative estimate of drug-likeness (QED) is 0.703. The minimum Gasteiger partial charge on any atom is -0.403 e. The van der Waals surface area contributed by atoms with Crippen LogP contribution < -0.4 is 15.0 Å². The van der Waals surface area contributed by atoms with E-state index in [1.54, 1.807) is 0 Å². The van der Waals surface area contributed by atoms with E-state index < -0.39 is 17.9 Å². The van der Waals surface area contributed by atoms with Gasteiger partial charge in [0.05, 0.1) is 0 Å². The highest BCUT2D eigenvalue weighted by Crippen LogP contribution is 2.33. The molecule has 1 aromatic rings. The highest BCUT2D eigenvalue weighted by molar-refractivity contribution is 5.51. The Kier molecular flexibility index (Phi) is 7.55. The van der Waals surface area contributed by atoms with Gasteiger partial charge in [0, 0.05) is 38.4 Å². The summed E-state index contributed by atoms with van der Waals surface area (Å²) in [6, 6.07) is 4.34. The first-order valence-electron chi connectivity index (χ1n) is 9.41. The maximum absolute atomic E-state index is 13.9. The molecule has 2 atom stereocenters. The topological polar surface area (TPSA) is 24.5 Å². The van der Waals surface area contributed by atoms with E-state index in [2.05, 4.69) is 28.8 Å². The molecule has 1 aliphatic heterocycles. The fraction of sp³-hybridized carbons (Fsp3) is 0.684. The molecule has 1 saturated carbocycles. The fourth-order valence-electron chi connectivity index (χ4n) is 3.46. The fourth-order valence-corrected chi connectivity index (χ4v) is 3.46. The standard InChI is InChI=1S/C15H18F4N2O.C4H10.H2/c16-11-9-10(5-6-14(11)22-15(17,18)19)21-8-7-20-12-3-1-2-4-13(12)21;1-3-4-2;/h5-6,9,12-13,20H,1-4,7-8H2;3-4H2,1-2H3;1H. The van der Waals surface area contributed by atoms with Crippen molar-refractivity contribution in [1.82, 2.24) is 5.32 Å². The second kappa shape index (κ2) is 9.44. The Bertz CT molecular complexity index is 567. The van der Waals surface area contributed by atoms with Gasteiger partial charge in [-0.2, -0.15) is 0 Å². The molecule has 1 heterocycles. The molecule has 150 valence electrons. The van der Waals surface area contributed by atoms with Crippen molar-refractivity contribution in [3.63, 3.8) is 0 Å². The predicted octanol–water partition coefficient (Wildman–Crippen LogP) is 5.50. The van der Waals surface area contributed by atoms with Crippen LogP contribution >= 0.6 is 0 Å². The Morgan fingerprint density at radius 3 is 2.50 bits per heavy atom. The number of nitrogens with one attached hydrogen (secondary N) is 1. The van der Waals surface area contributed by atoms with E-state index in [9.17, 15) is 17.6 Å². The molecule has 0 bridgehead atoms. The van der Waals surface area contributed by atoms with E-state index in [1.165, 1.54) is 25.3 Å². The van der Waals surface area contributed by atoms with Crippen LogP contribution in [0.2, 0.25) is 0 Å². The van der Waals surface area contributed by atoms with Crippen LogP contribution in [0.1, 0.15) is 53.8 Å². The maximum atomic E-state index is 13.9. The lowest BCUT2D eigenvalue weighted by atomic mass is 9.87. The van der Waals surface area contributed by atoms with Gasteiger partial charge in [-0.1, -0.05) is 39.5 Å². The second-order valence-electron chi connectivity index (χ2n) is 6.77. The summed E-state index contributed by atoms with van der Waals surface area (Å²) < 4.78 is 54.1. The molecule has 0 aromatic heterocycles. The largest absolute Gasteiger partial charge is 0.573 e. The van der Waals surface area contributed by atoms with Crippen LogP contribution in [-0.2, 0) is 0 Å². The summed E-state index contributed by atoms with van der Waals surface area (Å²) in [7, 11) is 0. The van der Waals surface area contributed by atoms with E-state index in [0.717, 1.165) is 44.5 Å². The van der Waals surface area contributed by atoms with Gasteiger partial charge < -0.3 is 15.0 Å². The summed E-state index contributed by atoms with van der Waals surface area (Å²) in [5.41, 5.74) is 0.616. The molecule has 2 fully saturated rings. The lowest BCUT2D eigenvalue weighted by Crippen LogP contribution is -2.59. The molecule has 1 aliphatic carbocycles. The Morgan fingerprint density at radius 2 is 1.88 bits per heavy atom. The second-order valence-corrected chi connectivity index (χ2v) is 6.77. The monoisotopic (exact) mass is 378 g/mol. The molecule has 0 radical (unpaired) electrons. The number of fused-ring (bicyclic) bond motifs is 1. The molecule has 1 aromatic carbocycles. The third-order valence-electron chi connectivity index (χ3n) is 4.86. The van der Waals surface area contributed by atoms with Crippen molar-refractivity contribution in [2.75, 3.05) is 18.0 Å². The number of anilines is 1. The molecule has 7 heteroatoms. The molecular formula is C19H30F4N2O. The molecule has 2 aliphatic rings. The Morgan fingerprint density at radius 1 is 1.19 bits per heavy atom. The molecule has 0 amide bonds. The Hall–Kier alpha value is -1.50. The van der Waals surface area contributed by atoms with Crippen LogP contribution in [0.15, 0.2) is 18.2 Å². The van der Waals surface area contributed by atoms with Crippen LogP contribution in [-0.4, -0.2) is 31.5 Å². The average molecular weight is 378 g/mol. The number of hydrogen-bond donors (Lipinski definition) is 1. The van der Waals surface area contributed by atoms with Crippen LogP contribution in [0.5, 0.6) is 5.75 Å². The number of halogens is 4. The number of unbranched alkanes of at least 4 members (excludes halogenated alkanes) is 1. The summed E-state index contributed by atoms with van der Waals surface area (Å²) in [5, 5.41) is 3.47. The Labute approximate surface area is 154 Å². The molecule has 3 nitrogen and oxygen atoms in total. The van der Waals surface area contributed by atoms with Gasteiger partial charge in [0.1, 0.15) is 0 Å². The SMILES string of the molecule is CCCC.Fc1cc(N2CCNC3CCCCC32)ccc1OC(F)(F)F.[HH]. The smallest absolute Gasteiger partial charge is 0.403 e. The first-order chi connectivity index (χ1) is 12.4. The minimum absolute atomic E-state index is 0. The van der Waals surface area contributed by atoms with Gasteiger partial charge in [-0.3, -0.25) is 0 Å². The highest BCUT2D eigenvalue weighted by atomic mass is 19.4. The number of ether oxygens (including phenoxy) is 1. The minimum atomic E-state index is -4.88. The van der Waals surface area contributed by atoms with Crippen LogP contribution in [0.25, 0.3) is 0 Å². The van der Waals surface area contributed by atoms with E-state index in [-0.39, 0.29) is 7.47 Å². The first-order valence-corrected chi connectivity index (χ1v) is 9.41. The zero-order valence-electron chi connectivity index (χ0n) is 15.4. The van der Waals surface area contributed by atoms with Crippen molar-refractivity contribution in [1.29, 1.82) is 0 Å². The summed E-state index contributed by atoms with van der Waals surface area (Å²) in [6.45, 7) is 5.88. The molecule has 3 rings (SSSR count). The van der Waals surface area contributed by atoms with Crippen molar-refractivity contribution < 1.29 is 23.7 Å². The number of hydrogen-bond acceptors (Lipinski definition) is 3. The van der Waals surface area contributed by atoms with Gasteiger partial charge in [0.2, 0.25) is 0 Å². The number of alkyl halides is 3. The van der Waals surface area contributed by atoms with Crippen molar-refractivity contribution in [3.05, 3.63) is 24.0 Å². The molecule has 1 N–H and O–H groups in total. The molecule has 1 saturated heterocycles. The molecule has 2 unspecified atom stereocenters. The highest BCUT2D eigenvalue weighted by Gasteiger charge is 2.35. The molecule has 26 heavy (non-hydrogen) atoms. The number of nitrogens with zero attached hydrogens (tertiary/aromatic N) is 1. The zero-order chi connectivity index (χ0) is 19.2. The number of benzene rings is 1. The Balaban J connectivity index is 0.000000666. The lowest BCUT2D eigenvalue weighted by Gasteiger charge is -2.46. The normalized spacial score (nSPS) is 22.9. The van der Waals surface area contributed by atoms with Crippen molar-refractivity contribution in [2.24, 2.45) is 0 Å². The summed E-state index contributed by atoms with van der Waals surface area (Å²) >= 11 is 0. The van der Waals surface area contributed by atoms with Crippen LogP contribution in [0.4, 0.5) is 23.2 Å². The third kappa shape index (κ3) is 5.76. The van der Waals surface area contributed by atoms with Gasteiger partial charge in [0.25, 0.3) is 0 Å². The van der Waals surface area contributed by atoms with E-state index in [1.807, 2.05) is 0 Å². The first kappa shape index (κ1) is 20.8. The van der Waals surface area contributed by atoms with Crippen LogP contribution in [0, 0.1) is 5.82 Å². The number of rotatable bonds is 3. The van der Waals surface area contributed by atoms with E-state index >= 15 is 0 Å². The van der Waals surface area contributed by atoms with Gasteiger partial charge in [0.15, 0.2) is 11.6 Å².